The van der Waals surface area contributed by atoms with Gasteiger partial charge in [-0.3, -0.25) is 4.79 Å². The Labute approximate surface area is 160 Å². The van der Waals surface area contributed by atoms with Crippen LogP contribution in [-0.4, -0.2) is 59.4 Å². The summed E-state index contributed by atoms with van der Waals surface area (Å²) in [4.78, 5) is 25.3. The Hall–Kier alpha value is -2.46. The second kappa shape index (κ2) is 7.65. The van der Waals surface area contributed by atoms with Crippen LogP contribution in [0.1, 0.15) is 22.6 Å². The van der Waals surface area contributed by atoms with Gasteiger partial charge in [0.1, 0.15) is 0 Å². The summed E-state index contributed by atoms with van der Waals surface area (Å²) in [6.45, 7) is 1.06. The molecule has 0 radical (unpaired) electrons. The topological polar surface area (TPSA) is 120 Å². The zero-order valence-corrected chi connectivity index (χ0v) is 16.0. The average molecular weight is 413 g/mol. The number of halogens is 1. The second-order valence-electron chi connectivity index (χ2n) is 6.15. The van der Waals surface area contributed by atoms with Crippen LogP contribution < -0.4 is 5.32 Å². The van der Waals surface area contributed by atoms with Crippen molar-refractivity contribution in [3.63, 3.8) is 0 Å². The number of ether oxygens (including phenoxy) is 1. The maximum atomic E-state index is 12.2. The van der Waals surface area contributed by atoms with E-state index in [1.165, 1.54) is 4.80 Å². The van der Waals surface area contributed by atoms with Crippen LogP contribution in [0.2, 0.25) is 5.02 Å². The van der Waals surface area contributed by atoms with Gasteiger partial charge in [0.25, 0.3) is 5.91 Å². The minimum atomic E-state index is -3.10. The highest BCUT2D eigenvalue weighted by Crippen LogP contribution is 2.15. The standard InChI is InChI=1S/C16H17ClN4O5S/c1-10-15(20-21(19-10)13-4-2-3-11(17)7-13)16(23)26-8-14(22)18-12-5-6-27(24,25)9-12/h2-4,7,12H,5-6,8-9H2,1H3,(H,18,22)/t12-/m1/s1. The first-order valence-corrected chi connectivity index (χ1v) is 10.3. The van der Waals surface area contributed by atoms with Gasteiger partial charge in [-0.15, -0.1) is 5.10 Å². The van der Waals surface area contributed by atoms with E-state index in [9.17, 15) is 18.0 Å². The first kappa shape index (κ1) is 19.3. The fraction of sp³-hybridized carbons (Fsp3) is 0.375. The number of benzene rings is 1. The van der Waals surface area contributed by atoms with Crippen LogP contribution in [0, 0.1) is 6.92 Å². The number of aryl methyl sites for hydroxylation is 1. The molecule has 1 saturated heterocycles. The highest BCUT2D eigenvalue weighted by molar-refractivity contribution is 7.91. The van der Waals surface area contributed by atoms with Gasteiger partial charge in [0.05, 0.1) is 22.9 Å². The van der Waals surface area contributed by atoms with E-state index in [2.05, 4.69) is 15.5 Å². The summed E-state index contributed by atoms with van der Waals surface area (Å²) in [7, 11) is -3.10. The number of hydrogen-bond acceptors (Lipinski definition) is 7. The molecule has 1 fully saturated rings. The van der Waals surface area contributed by atoms with Crippen LogP contribution in [0.15, 0.2) is 24.3 Å². The third-order valence-corrected chi connectivity index (χ3v) is 5.95. The zero-order chi connectivity index (χ0) is 19.6. The Morgan fingerprint density at radius 2 is 2.15 bits per heavy atom. The lowest BCUT2D eigenvalue weighted by Gasteiger charge is -2.10. The van der Waals surface area contributed by atoms with Crippen LogP contribution in [0.25, 0.3) is 5.69 Å². The van der Waals surface area contributed by atoms with Crippen LogP contribution in [0.3, 0.4) is 0 Å². The SMILES string of the molecule is Cc1nn(-c2cccc(Cl)c2)nc1C(=O)OCC(=O)N[C@@H]1CCS(=O)(=O)C1. The first-order valence-electron chi connectivity index (χ1n) is 8.10. The van der Waals surface area contributed by atoms with E-state index in [0.29, 0.717) is 22.8 Å². The molecule has 1 atom stereocenters. The average Bonchev–Trinajstić information content (AvgIpc) is 3.15. The lowest BCUT2D eigenvalue weighted by atomic mass is 10.2. The molecular weight excluding hydrogens is 396 g/mol. The van der Waals surface area contributed by atoms with Crippen molar-refractivity contribution in [3.8, 4) is 5.69 Å². The van der Waals surface area contributed by atoms with Crippen LogP contribution >= 0.6 is 11.6 Å². The molecule has 11 heteroatoms. The van der Waals surface area contributed by atoms with E-state index in [-0.39, 0.29) is 17.2 Å². The van der Waals surface area contributed by atoms with Gasteiger partial charge < -0.3 is 10.1 Å². The van der Waals surface area contributed by atoms with E-state index in [0.717, 1.165) is 0 Å². The van der Waals surface area contributed by atoms with E-state index in [4.69, 9.17) is 16.3 Å². The Bertz CT molecular complexity index is 988. The number of carbonyl (C=O) groups excluding carboxylic acids is 2. The Morgan fingerprint density at radius 1 is 1.37 bits per heavy atom. The number of aromatic nitrogens is 3. The first-order chi connectivity index (χ1) is 12.7. The lowest BCUT2D eigenvalue weighted by molar-refractivity contribution is -0.124. The molecular formula is C16H17ClN4O5S. The Balaban J connectivity index is 1.59. The second-order valence-corrected chi connectivity index (χ2v) is 8.81. The highest BCUT2D eigenvalue weighted by Gasteiger charge is 2.29. The predicted molar refractivity (Wildman–Crippen MR) is 96.6 cm³/mol. The Morgan fingerprint density at radius 3 is 2.81 bits per heavy atom. The molecule has 3 rings (SSSR count). The fourth-order valence-corrected chi connectivity index (χ4v) is 4.52. The van der Waals surface area contributed by atoms with Gasteiger partial charge in [-0.2, -0.15) is 9.90 Å². The van der Waals surface area contributed by atoms with Gasteiger partial charge in [-0.1, -0.05) is 17.7 Å². The fourth-order valence-electron chi connectivity index (χ4n) is 2.66. The lowest BCUT2D eigenvalue weighted by Crippen LogP contribution is -2.38. The van der Waals surface area contributed by atoms with Gasteiger partial charge in [0.15, 0.2) is 22.1 Å². The smallest absolute Gasteiger partial charge is 0.361 e. The summed E-state index contributed by atoms with van der Waals surface area (Å²) in [5, 5.41) is 11.3. The van der Waals surface area contributed by atoms with Crippen molar-refractivity contribution in [2.75, 3.05) is 18.1 Å². The van der Waals surface area contributed by atoms with Crippen molar-refractivity contribution in [1.29, 1.82) is 0 Å². The third-order valence-electron chi connectivity index (χ3n) is 3.95. The van der Waals surface area contributed by atoms with E-state index >= 15 is 0 Å². The molecule has 0 unspecified atom stereocenters. The number of rotatable bonds is 5. The van der Waals surface area contributed by atoms with Gasteiger partial charge in [0.2, 0.25) is 0 Å². The van der Waals surface area contributed by atoms with Crippen molar-refractivity contribution in [3.05, 3.63) is 40.7 Å². The molecule has 1 aliphatic rings. The summed E-state index contributed by atoms with van der Waals surface area (Å²) in [6.07, 6.45) is 0.356. The number of carbonyl (C=O) groups is 2. The molecule has 144 valence electrons. The normalized spacial score (nSPS) is 18.2. The number of nitrogens with one attached hydrogen (secondary N) is 1. The molecule has 1 N–H and O–H groups in total. The van der Waals surface area contributed by atoms with E-state index in [1.807, 2.05) is 0 Å². The molecule has 0 saturated carbocycles. The van der Waals surface area contributed by atoms with Gasteiger partial charge in [0, 0.05) is 11.1 Å². The predicted octanol–water partition coefficient (Wildman–Crippen LogP) is 0.689. The number of esters is 1. The van der Waals surface area contributed by atoms with Gasteiger partial charge >= 0.3 is 5.97 Å². The van der Waals surface area contributed by atoms with Crippen LogP contribution in [0.5, 0.6) is 0 Å². The maximum absolute atomic E-state index is 12.2. The third kappa shape index (κ3) is 4.83. The molecule has 1 aromatic carbocycles. The molecule has 0 spiro atoms. The number of amides is 1. The Kier molecular flexibility index (Phi) is 5.47. The summed E-state index contributed by atoms with van der Waals surface area (Å²) < 4.78 is 27.7. The molecule has 1 aromatic heterocycles. The largest absolute Gasteiger partial charge is 0.451 e. The number of sulfone groups is 1. The molecule has 2 heterocycles. The molecule has 9 nitrogen and oxygen atoms in total. The van der Waals surface area contributed by atoms with Crippen molar-refractivity contribution < 1.29 is 22.7 Å². The summed E-state index contributed by atoms with van der Waals surface area (Å²) >= 11 is 5.93. The minimum Gasteiger partial charge on any atom is -0.451 e. The van der Waals surface area contributed by atoms with Crippen molar-refractivity contribution in [2.24, 2.45) is 0 Å². The molecule has 27 heavy (non-hydrogen) atoms. The van der Waals surface area contributed by atoms with Crippen molar-refractivity contribution >= 4 is 33.3 Å². The molecule has 0 bridgehead atoms. The zero-order valence-electron chi connectivity index (χ0n) is 14.4. The summed E-state index contributed by atoms with van der Waals surface area (Å²) in [5.74, 6) is -1.41. The molecule has 0 aliphatic carbocycles. The van der Waals surface area contributed by atoms with Gasteiger partial charge in [-0.25, -0.2) is 13.2 Å². The molecule has 1 amide bonds. The quantitative estimate of drug-likeness (QED) is 0.717. The van der Waals surface area contributed by atoms with Crippen LogP contribution in [0.4, 0.5) is 0 Å². The van der Waals surface area contributed by atoms with E-state index in [1.54, 1.807) is 31.2 Å². The maximum Gasteiger partial charge on any atom is 0.361 e. The molecule has 2 aromatic rings. The number of nitrogens with zero attached hydrogens (tertiary/aromatic N) is 3. The molecule has 1 aliphatic heterocycles. The van der Waals surface area contributed by atoms with E-state index < -0.39 is 34.4 Å². The highest BCUT2D eigenvalue weighted by atomic mass is 35.5. The summed E-state index contributed by atoms with van der Waals surface area (Å²) in [5.41, 5.74) is 0.887. The minimum absolute atomic E-state index is 0.0220. The number of hydrogen-bond donors (Lipinski definition) is 1. The van der Waals surface area contributed by atoms with Crippen molar-refractivity contribution in [1.82, 2.24) is 20.3 Å². The summed E-state index contributed by atoms with van der Waals surface area (Å²) in [6, 6.07) is 6.33. The van der Waals surface area contributed by atoms with Crippen molar-refractivity contribution in [2.45, 2.75) is 19.4 Å². The van der Waals surface area contributed by atoms with Crippen LogP contribution in [-0.2, 0) is 19.4 Å². The monoisotopic (exact) mass is 412 g/mol. The van der Waals surface area contributed by atoms with Gasteiger partial charge in [-0.05, 0) is 31.5 Å².